The molecule has 0 radical (unpaired) electrons. The normalized spacial score (nSPS) is 10.3. The van der Waals surface area contributed by atoms with E-state index in [0.717, 1.165) is 11.3 Å². The number of amides is 1. The fraction of sp³-hybridized carbons (Fsp3) is 0.278. The summed E-state index contributed by atoms with van der Waals surface area (Å²) in [6.45, 7) is 4.70. The second-order valence-corrected chi connectivity index (χ2v) is 5.39. The van der Waals surface area contributed by atoms with Gasteiger partial charge in [0.1, 0.15) is 0 Å². The molecule has 1 N–H and O–H groups in total. The summed E-state index contributed by atoms with van der Waals surface area (Å²) >= 11 is 0. The minimum Gasteiger partial charge on any atom is -0.387 e. The first kappa shape index (κ1) is 15.1. The minimum atomic E-state index is 0.0302. The standard InChI is InChI=1S/C18H22N2O/c1-13-9-10-16(17(11-13)19-3)18(21)20(4)12-15-8-6-5-7-14(15)2/h5-11,19H,12H2,1-4H3. The van der Waals surface area contributed by atoms with Gasteiger partial charge >= 0.3 is 0 Å². The number of carbonyl (C=O) groups excluding carboxylic acids is 1. The van der Waals surface area contributed by atoms with Crippen molar-refractivity contribution >= 4 is 11.6 Å². The zero-order valence-corrected chi connectivity index (χ0v) is 13.1. The van der Waals surface area contributed by atoms with Crippen molar-refractivity contribution in [1.82, 2.24) is 4.90 Å². The number of anilines is 1. The van der Waals surface area contributed by atoms with Crippen LogP contribution in [0.25, 0.3) is 0 Å². The SMILES string of the molecule is CNc1cc(C)ccc1C(=O)N(C)Cc1ccccc1C. The van der Waals surface area contributed by atoms with Crippen LogP contribution in [0.1, 0.15) is 27.0 Å². The second kappa shape index (κ2) is 6.44. The smallest absolute Gasteiger partial charge is 0.255 e. The van der Waals surface area contributed by atoms with Crippen LogP contribution in [0.5, 0.6) is 0 Å². The van der Waals surface area contributed by atoms with E-state index in [-0.39, 0.29) is 5.91 Å². The highest BCUT2D eigenvalue weighted by atomic mass is 16.2. The Bertz CT molecular complexity index is 649. The van der Waals surface area contributed by atoms with E-state index >= 15 is 0 Å². The molecule has 0 heterocycles. The van der Waals surface area contributed by atoms with Crippen molar-refractivity contribution in [2.24, 2.45) is 0 Å². The number of nitrogens with one attached hydrogen (secondary N) is 1. The Kier molecular flexibility index (Phi) is 4.63. The second-order valence-electron chi connectivity index (χ2n) is 5.39. The Morgan fingerprint density at radius 1 is 1.14 bits per heavy atom. The van der Waals surface area contributed by atoms with E-state index in [1.165, 1.54) is 11.1 Å². The van der Waals surface area contributed by atoms with E-state index < -0.39 is 0 Å². The lowest BCUT2D eigenvalue weighted by Crippen LogP contribution is -2.27. The van der Waals surface area contributed by atoms with E-state index in [2.05, 4.69) is 24.4 Å². The lowest BCUT2D eigenvalue weighted by Gasteiger charge is -2.20. The summed E-state index contributed by atoms with van der Waals surface area (Å²) in [7, 11) is 3.68. The summed E-state index contributed by atoms with van der Waals surface area (Å²) < 4.78 is 0. The molecule has 2 aromatic carbocycles. The van der Waals surface area contributed by atoms with E-state index in [1.54, 1.807) is 4.90 Å². The molecule has 0 atom stereocenters. The van der Waals surface area contributed by atoms with Gasteiger partial charge in [-0.25, -0.2) is 0 Å². The van der Waals surface area contributed by atoms with Crippen LogP contribution >= 0.6 is 0 Å². The van der Waals surface area contributed by atoms with Crippen molar-refractivity contribution in [2.75, 3.05) is 19.4 Å². The van der Waals surface area contributed by atoms with Gasteiger partial charge in [-0.3, -0.25) is 4.79 Å². The maximum Gasteiger partial charge on any atom is 0.255 e. The third-order valence-electron chi connectivity index (χ3n) is 3.69. The number of hydrogen-bond acceptors (Lipinski definition) is 2. The summed E-state index contributed by atoms with van der Waals surface area (Å²) in [6, 6.07) is 14.0. The Morgan fingerprint density at radius 2 is 1.86 bits per heavy atom. The highest BCUT2D eigenvalue weighted by Crippen LogP contribution is 2.20. The maximum atomic E-state index is 12.6. The molecule has 0 aromatic heterocycles. The van der Waals surface area contributed by atoms with Crippen molar-refractivity contribution in [3.05, 3.63) is 64.7 Å². The molecule has 0 aliphatic carbocycles. The summed E-state index contributed by atoms with van der Waals surface area (Å²) in [5.74, 6) is 0.0302. The monoisotopic (exact) mass is 282 g/mol. The number of hydrogen-bond donors (Lipinski definition) is 1. The first-order chi connectivity index (χ1) is 10.0. The molecule has 0 saturated carbocycles. The summed E-state index contributed by atoms with van der Waals surface area (Å²) in [5, 5.41) is 3.10. The summed E-state index contributed by atoms with van der Waals surface area (Å²) in [5.41, 5.74) is 5.09. The summed E-state index contributed by atoms with van der Waals surface area (Å²) in [4.78, 5) is 14.4. The van der Waals surface area contributed by atoms with Gasteiger partial charge in [0, 0.05) is 26.3 Å². The Hall–Kier alpha value is -2.29. The minimum absolute atomic E-state index is 0.0302. The number of rotatable bonds is 4. The topological polar surface area (TPSA) is 32.3 Å². The zero-order valence-electron chi connectivity index (χ0n) is 13.1. The molecular formula is C18H22N2O. The van der Waals surface area contributed by atoms with Gasteiger partial charge in [-0.2, -0.15) is 0 Å². The van der Waals surface area contributed by atoms with E-state index in [4.69, 9.17) is 0 Å². The van der Waals surface area contributed by atoms with Crippen LogP contribution in [-0.2, 0) is 6.54 Å². The first-order valence-electron chi connectivity index (χ1n) is 7.11. The molecule has 0 aliphatic rings. The highest BCUT2D eigenvalue weighted by molar-refractivity contribution is 5.99. The first-order valence-corrected chi connectivity index (χ1v) is 7.11. The lowest BCUT2D eigenvalue weighted by molar-refractivity contribution is 0.0786. The number of carbonyl (C=O) groups is 1. The zero-order chi connectivity index (χ0) is 15.4. The summed E-state index contributed by atoms with van der Waals surface area (Å²) in [6.07, 6.45) is 0. The molecule has 2 rings (SSSR count). The predicted molar refractivity (Wildman–Crippen MR) is 87.7 cm³/mol. The molecule has 0 aliphatic heterocycles. The fourth-order valence-electron chi connectivity index (χ4n) is 2.37. The Morgan fingerprint density at radius 3 is 2.52 bits per heavy atom. The number of benzene rings is 2. The molecule has 110 valence electrons. The molecule has 3 heteroatoms. The quantitative estimate of drug-likeness (QED) is 0.929. The van der Waals surface area contributed by atoms with Gasteiger partial charge in [-0.15, -0.1) is 0 Å². The van der Waals surface area contributed by atoms with Gasteiger partial charge in [-0.05, 0) is 42.7 Å². The maximum absolute atomic E-state index is 12.6. The van der Waals surface area contributed by atoms with Gasteiger partial charge in [-0.1, -0.05) is 30.3 Å². The fourth-order valence-corrected chi connectivity index (χ4v) is 2.37. The average Bonchev–Trinajstić information content (AvgIpc) is 2.48. The van der Waals surface area contributed by atoms with Gasteiger partial charge in [0.05, 0.1) is 5.56 Å². The number of nitrogens with zero attached hydrogens (tertiary/aromatic N) is 1. The molecule has 21 heavy (non-hydrogen) atoms. The Balaban J connectivity index is 2.22. The van der Waals surface area contributed by atoms with Crippen LogP contribution in [0.4, 0.5) is 5.69 Å². The van der Waals surface area contributed by atoms with Crippen molar-refractivity contribution in [1.29, 1.82) is 0 Å². The van der Waals surface area contributed by atoms with Gasteiger partial charge in [0.25, 0.3) is 5.91 Å². The van der Waals surface area contributed by atoms with Crippen LogP contribution < -0.4 is 5.32 Å². The van der Waals surface area contributed by atoms with E-state index in [1.807, 2.05) is 51.4 Å². The largest absolute Gasteiger partial charge is 0.387 e. The van der Waals surface area contributed by atoms with Gasteiger partial charge in [0.2, 0.25) is 0 Å². The van der Waals surface area contributed by atoms with E-state index in [9.17, 15) is 4.79 Å². The predicted octanol–water partition coefficient (Wildman–Crippen LogP) is 3.62. The van der Waals surface area contributed by atoms with Crippen LogP contribution in [0.15, 0.2) is 42.5 Å². The molecule has 0 spiro atoms. The molecule has 0 saturated heterocycles. The highest BCUT2D eigenvalue weighted by Gasteiger charge is 2.16. The van der Waals surface area contributed by atoms with Crippen LogP contribution in [0.3, 0.4) is 0 Å². The molecule has 0 fully saturated rings. The third-order valence-corrected chi connectivity index (χ3v) is 3.69. The molecule has 2 aromatic rings. The number of aryl methyl sites for hydroxylation is 2. The molecule has 3 nitrogen and oxygen atoms in total. The average molecular weight is 282 g/mol. The van der Waals surface area contributed by atoms with Crippen LogP contribution in [0, 0.1) is 13.8 Å². The Labute approximate surface area is 126 Å². The van der Waals surface area contributed by atoms with Crippen molar-refractivity contribution < 1.29 is 4.79 Å². The van der Waals surface area contributed by atoms with Gasteiger partial charge in [0.15, 0.2) is 0 Å². The molecular weight excluding hydrogens is 260 g/mol. The van der Waals surface area contributed by atoms with Crippen molar-refractivity contribution in [3.63, 3.8) is 0 Å². The van der Waals surface area contributed by atoms with Crippen LogP contribution in [-0.4, -0.2) is 24.9 Å². The third kappa shape index (κ3) is 3.43. The van der Waals surface area contributed by atoms with Crippen molar-refractivity contribution in [3.8, 4) is 0 Å². The molecule has 0 bridgehead atoms. The lowest BCUT2D eigenvalue weighted by atomic mass is 10.1. The van der Waals surface area contributed by atoms with Crippen LogP contribution in [0.2, 0.25) is 0 Å². The molecule has 0 unspecified atom stereocenters. The van der Waals surface area contributed by atoms with Crippen molar-refractivity contribution in [2.45, 2.75) is 20.4 Å². The van der Waals surface area contributed by atoms with Gasteiger partial charge < -0.3 is 10.2 Å². The van der Waals surface area contributed by atoms with E-state index in [0.29, 0.717) is 12.1 Å². The molecule has 1 amide bonds.